The van der Waals surface area contributed by atoms with Gasteiger partial charge < -0.3 is 0 Å². The van der Waals surface area contributed by atoms with Gasteiger partial charge in [-0.15, -0.1) is 6.58 Å². The van der Waals surface area contributed by atoms with Crippen molar-refractivity contribution in [2.75, 3.05) is 5.33 Å². The zero-order valence-electron chi connectivity index (χ0n) is 7.71. The number of allylic oxidation sites excluding steroid dienone is 1. The fraction of sp³-hybridized carbons (Fsp3) is 0.800. The van der Waals surface area contributed by atoms with Crippen molar-refractivity contribution in [2.45, 2.75) is 33.6 Å². The van der Waals surface area contributed by atoms with Crippen LogP contribution in [0.1, 0.15) is 33.6 Å². The number of halogens is 1. The van der Waals surface area contributed by atoms with E-state index in [-0.39, 0.29) is 0 Å². The van der Waals surface area contributed by atoms with Crippen LogP contribution < -0.4 is 0 Å². The Hall–Kier alpha value is 0.220. The molecule has 1 rings (SSSR count). The Bertz CT molecular complexity index is 181. The van der Waals surface area contributed by atoms with Gasteiger partial charge in [-0.1, -0.05) is 35.4 Å². The highest BCUT2D eigenvalue weighted by Crippen LogP contribution is 2.66. The molecular weight excluding hydrogens is 200 g/mol. The fourth-order valence-corrected chi connectivity index (χ4v) is 3.11. The Balaban J connectivity index is 2.60. The largest absolute Gasteiger partial charge is 0.100 e. The van der Waals surface area contributed by atoms with Crippen molar-refractivity contribution in [2.24, 2.45) is 10.8 Å². The smallest absolute Gasteiger partial charge is 0.00963 e. The average molecular weight is 217 g/mol. The van der Waals surface area contributed by atoms with Gasteiger partial charge in [-0.3, -0.25) is 0 Å². The number of alkyl halides is 1. The molecular formula is C10H17Br. The summed E-state index contributed by atoms with van der Waals surface area (Å²) in [6, 6.07) is 0. The van der Waals surface area contributed by atoms with E-state index in [0.717, 1.165) is 5.33 Å². The first kappa shape index (κ1) is 9.31. The quantitative estimate of drug-likeness (QED) is 0.498. The predicted molar refractivity (Wildman–Crippen MR) is 54.1 cm³/mol. The molecule has 0 nitrogen and oxygen atoms in total. The molecule has 0 saturated heterocycles. The molecule has 0 aromatic rings. The van der Waals surface area contributed by atoms with Gasteiger partial charge in [0.2, 0.25) is 0 Å². The van der Waals surface area contributed by atoms with Crippen molar-refractivity contribution in [1.29, 1.82) is 0 Å². The summed E-state index contributed by atoms with van der Waals surface area (Å²) in [4.78, 5) is 0. The maximum absolute atomic E-state index is 3.97. The minimum absolute atomic E-state index is 0.527. The van der Waals surface area contributed by atoms with Gasteiger partial charge in [-0.2, -0.15) is 0 Å². The van der Waals surface area contributed by atoms with Crippen LogP contribution in [-0.4, -0.2) is 5.33 Å². The van der Waals surface area contributed by atoms with Crippen LogP contribution in [0.4, 0.5) is 0 Å². The van der Waals surface area contributed by atoms with Gasteiger partial charge in [0.1, 0.15) is 0 Å². The summed E-state index contributed by atoms with van der Waals surface area (Å²) in [6.45, 7) is 10.8. The number of hydrogen-bond acceptors (Lipinski definition) is 0. The molecule has 0 spiro atoms. The van der Waals surface area contributed by atoms with E-state index in [1.807, 2.05) is 0 Å². The van der Waals surface area contributed by atoms with Crippen molar-refractivity contribution in [3.05, 3.63) is 12.2 Å². The molecule has 0 aromatic heterocycles. The van der Waals surface area contributed by atoms with Crippen molar-refractivity contribution < 1.29 is 0 Å². The SMILES string of the molecule is C=C(C)CC1(CBr)CC1(C)C. The predicted octanol–water partition coefficient (Wildman–Crippen LogP) is 3.76. The molecule has 0 N–H and O–H groups in total. The molecule has 0 bridgehead atoms. The van der Waals surface area contributed by atoms with E-state index in [2.05, 4.69) is 43.3 Å². The van der Waals surface area contributed by atoms with E-state index in [1.165, 1.54) is 18.4 Å². The van der Waals surface area contributed by atoms with E-state index < -0.39 is 0 Å². The summed E-state index contributed by atoms with van der Waals surface area (Å²) < 4.78 is 0. The highest BCUT2D eigenvalue weighted by Gasteiger charge is 2.59. The van der Waals surface area contributed by atoms with Crippen LogP contribution in [0.15, 0.2) is 12.2 Å². The highest BCUT2D eigenvalue weighted by molar-refractivity contribution is 9.09. The second kappa shape index (κ2) is 2.62. The lowest BCUT2D eigenvalue weighted by Gasteiger charge is -2.17. The van der Waals surface area contributed by atoms with E-state index in [4.69, 9.17) is 0 Å². The molecule has 1 aliphatic carbocycles. The fourth-order valence-electron chi connectivity index (χ4n) is 1.96. The van der Waals surface area contributed by atoms with Gasteiger partial charge in [0.25, 0.3) is 0 Å². The Labute approximate surface area is 78.2 Å². The Kier molecular flexibility index (Phi) is 2.21. The highest BCUT2D eigenvalue weighted by atomic mass is 79.9. The molecule has 11 heavy (non-hydrogen) atoms. The summed E-state index contributed by atoms with van der Waals surface area (Å²) in [5.74, 6) is 0. The Morgan fingerprint density at radius 1 is 1.55 bits per heavy atom. The minimum atomic E-state index is 0.527. The number of rotatable bonds is 3. The molecule has 1 heteroatoms. The molecule has 0 amide bonds. The Morgan fingerprint density at radius 3 is 2.09 bits per heavy atom. The molecule has 1 aliphatic rings. The summed E-state index contributed by atoms with van der Waals surface area (Å²) in [6.07, 6.45) is 2.53. The summed E-state index contributed by atoms with van der Waals surface area (Å²) >= 11 is 3.60. The molecule has 1 saturated carbocycles. The normalized spacial score (nSPS) is 33.5. The van der Waals surface area contributed by atoms with E-state index in [9.17, 15) is 0 Å². The van der Waals surface area contributed by atoms with E-state index >= 15 is 0 Å². The molecule has 1 unspecified atom stereocenters. The van der Waals surface area contributed by atoms with E-state index in [0.29, 0.717) is 10.8 Å². The van der Waals surface area contributed by atoms with Crippen LogP contribution in [0.25, 0.3) is 0 Å². The van der Waals surface area contributed by atoms with Crippen LogP contribution in [0.3, 0.4) is 0 Å². The van der Waals surface area contributed by atoms with Crippen LogP contribution in [0.5, 0.6) is 0 Å². The Morgan fingerprint density at radius 2 is 2.00 bits per heavy atom. The third-order valence-corrected chi connectivity index (χ3v) is 4.06. The molecule has 0 aromatic carbocycles. The third kappa shape index (κ3) is 1.53. The monoisotopic (exact) mass is 216 g/mol. The molecule has 1 fully saturated rings. The average Bonchev–Trinajstić information content (AvgIpc) is 2.33. The van der Waals surface area contributed by atoms with Gasteiger partial charge in [-0.25, -0.2) is 0 Å². The summed E-state index contributed by atoms with van der Waals surface area (Å²) in [5, 5.41) is 1.12. The van der Waals surface area contributed by atoms with Gasteiger partial charge in [-0.05, 0) is 30.6 Å². The van der Waals surface area contributed by atoms with Gasteiger partial charge in [0.15, 0.2) is 0 Å². The molecule has 1 atom stereocenters. The minimum Gasteiger partial charge on any atom is -0.100 e. The lowest BCUT2D eigenvalue weighted by molar-refractivity contribution is 0.425. The van der Waals surface area contributed by atoms with Gasteiger partial charge in [0, 0.05) is 5.33 Å². The first-order valence-corrected chi connectivity index (χ1v) is 5.26. The van der Waals surface area contributed by atoms with Crippen LogP contribution in [-0.2, 0) is 0 Å². The van der Waals surface area contributed by atoms with Crippen molar-refractivity contribution in [3.8, 4) is 0 Å². The molecule has 0 heterocycles. The lowest BCUT2D eigenvalue weighted by atomic mass is 9.92. The zero-order chi connectivity index (χ0) is 8.70. The van der Waals surface area contributed by atoms with Crippen molar-refractivity contribution >= 4 is 15.9 Å². The summed E-state index contributed by atoms with van der Waals surface area (Å²) in [7, 11) is 0. The van der Waals surface area contributed by atoms with Crippen molar-refractivity contribution in [3.63, 3.8) is 0 Å². The maximum atomic E-state index is 3.97. The maximum Gasteiger partial charge on any atom is 0.00963 e. The topological polar surface area (TPSA) is 0 Å². The van der Waals surface area contributed by atoms with Crippen molar-refractivity contribution in [1.82, 2.24) is 0 Å². The second-order valence-electron chi connectivity index (χ2n) is 4.61. The second-order valence-corrected chi connectivity index (χ2v) is 5.17. The zero-order valence-corrected chi connectivity index (χ0v) is 9.29. The number of hydrogen-bond donors (Lipinski definition) is 0. The third-order valence-electron chi connectivity index (χ3n) is 2.99. The standard InChI is InChI=1S/C10H17Br/c1-8(2)5-10(7-11)6-9(10,3)4/h1,5-7H2,2-4H3. The van der Waals surface area contributed by atoms with Gasteiger partial charge >= 0.3 is 0 Å². The van der Waals surface area contributed by atoms with Crippen LogP contribution in [0, 0.1) is 10.8 Å². The molecule has 64 valence electrons. The lowest BCUT2D eigenvalue weighted by Crippen LogP contribution is -2.10. The van der Waals surface area contributed by atoms with Crippen LogP contribution >= 0.6 is 15.9 Å². The summed E-state index contributed by atoms with van der Waals surface area (Å²) in [5.41, 5.74) is 2.38. The van der Waals surface area contributed by atoms with E-state index in [1.54, 1.807) is 0 Å². The van der Waals surface area contributed by atoms with Crippen LogP contribution in [0.2, 0.25) is 0 Å². The van der Waals surface area contributed by atoms with Gasteiger partial charge in [0.05, 0.1) is 0 Å². The first-order chi connectivity index (χ1) is 4.93. The molecule has 0 radical (unpaired) electrons. The molecule has 0 aliphatic heterocycles. The first-order valence-electron chi connectivity index (χ1n) is 4.14.